The van der Waals surface area contributed by atoms with Crippen molar-refractivity contribution >= 4 is 14.2 Å². The Morgan fingerprint density at radius 3 is 2.15 bits per heavy atom. The van der Waals surface area contributed by atoms with E-state index >= 15 is 0 Å². The van der Waals surface area contributed by atoms with E-state index < -0.39 is 14.2 Å². The standard InChI is InChI=1S/C27H47NO4Si/c1-17(2)22-15-25(32-27(31)28(18(3)4)19(5)6)21(8)26(23(22)16-29)24(30)14-20(7)12-13-33(9,10)11/h14,17-19,22-24,26,29-30H,15-16H2,1-11H3/b20-14+/t22-,23-,24-,26+/m1/s1. The van der Waals surface area contributed by atoms with Crippen molar-refractivity contribution in [2.75, 3.05) is 6.61 Å². The van der Waals surface area contributed by atoms with Gasteiger partial charge < -0.3 is 19.8 Å². The minimum Gasteiger partial charge on any atom is -0.415 e. The number of aliphatic hydroxyl groups is 2. The first-order valence-electron chi connectivity index (χ1n) is 12.3. The van der Waals surface area contributed by atoms with Gasteiger partial charge in [0.05, 0.1) is 6.10 Å². The molecule has 0 aliphatic heterocycles. The summed E-state index contributed by atoms with van der Waals surface area (Å²) in [5.74, 6) is 3.72. The highest BCUT2D eigenvalue weighted by Crippen LogP contribution is 2.44. The molecule has 0 fully saturated rings. The normalized spacial score (nSPS) is 23.0. The van der Waals surface area contributed by atoms with E-state index in [4.69, 9.17) is 4.74 Å². The second-order valence-corrected chi connectivity index (χ2v) is 16.1. The first-order valence-corrected chi connectivity index (χ1v) is 15.8. The third-order valence-electron chi connectivity index (χ3n) is 6.40. The number of carbonyl (C=O) groups is 1. The molecule has 5 nitrogen and oxygen atoms in total. The van der Waals surface area contributed by atoms with Crippen LogP contribution >= 0.6 is 0 Å². The molecule has 1 aliphatic carbocycles. The molecule has 0 bridgehead atoms. The van der Waals surface area contributed by atoms with Crippen LogP contribution in [0.1, 0.15) is 61.8 Å². The summed E-state index contributed by atoms with van der Waals surface area (Å²) in [7, 11) is -1.52. The summed E-state index contributed by atoms with van der Waals surface area (Å²) in [4.78, 5) is 14.8. The lowest BCUT2D eigenvalue weighted by molar-refractivity contribution is 0.0239. The summed E-state index contributed by atoms with van der Waals surface area (Å²) in [5, 5.41) is 21.6. The zero-order valence-corrected chi connectivity index (χ0v) is 23.7. The molecule has 2 N–H and O–H groups in total. The highest BCUT2D eigenvalue weighted by molar-refractivity contribution is 6.83. The molecule has 1 aliphatic rings. The molecule has 0 saturated carbocycles. The van der Waals surface area contributed by atoms with Crippen LogP contribution in [0.2, 0.25) is 19.6 Å². The Labute approximate surface area is 203 Å². The minimum atomic E-state index is -1.52. The predicted octanol–water partition coefficient (Wildman–Crippen LogP) is 5.60. The quantitative estimate of drug-likeness (QED) is 0.370. The van der Waals surface area contributed by atoms with Gasteiger partial charge in [-0.15, -0.1) is 5.54 Å². The summed E-state index contributed by atoms with van der Waals surface area (Å²) < 4.78 is 5.97. The van der Waals surface area contributed by atoms with E-state index in [0.717, 1.165) is 11.1 Å². The summed E-state index contributed by atoms with van der Waals surface area (Å²) >= 11 is 0. The van der Waals surface area contributed by atoms with Crippen molar-refractivity contribution in [3.63, 3.8) is 0 Å². The van der Waals surface area contributed by atoms with Crippen LogP contribution in [-0.4, -0.2) is 54.1 Å². The molecule has 1 amide bonds. The molecule has 188 valence electrons. The summed E-state index contributed by atoms with van der Waals surface area (Å²) in [6, 6.07) is 0.0370. The van der Waals surface area contributed by atoms with Gasteiger partial charge in [-0.3, -0.25) is 0 Å². The number of ether oxygens (including phenoxy) is 1. The second kappa shape index (κ2) is 12.2. The third-order valence-corrected chi connectivity index (χ3v) is 7.27. The van der Waals surface area contributed by atoms with Crippen molar-refractivity contribution in [1.29, 1.82) is 0 Å². The van der Waals surface area contributed by atoms with E-state index in [1.165, 1.54) is 0 Å². The van der Waals surface area contributed by atoms with E-state index in [1.54, 1.807) is 11.0 Å². The van der Waals surface area contributed by atoms with Crippen LogP contribution in [0.3, 0.4) is 0 Å². The molecule has 0 saturated heterocycles. The number of carbonyl (C=O) groups excluding carboxylic acids is 1. The van der Waals surface area contributed by atoms with Crippen LogP contribution in [0.15, 0.2) is 23.0 Å². The smallest absolute Gasteiger partial charge is 0.415 e. The van der Waals surface area contributed by atoms with Crippen molar-refractivity contribution in [2.45, 2.75) is 99.6 Å². The Kier molecular flexibility index (Phi) is 10.9. The molecule has 0 spiro atoms. The maximum absolute atomic E-state index is 13.0. The van der Waals surface area contributed by atoms with Gasteiger partial charge in [-0.1, -0.05) is 39.4 Å². The molecule has 0 radical (unpaired) electrons. The monoisotopic (exact) mass is 477 g/mol. The number of hydrogen-bond acceptors (Lipinski definition) is 4. The van der Waals surface area contributed by atoms with Crippen molar-refractivity contribution in [1.82, 2.24) is 4.90 Å². The number of hydrogen-bond donors (Lipinski definition) is 2. The Morgan fingerprint density at radius 1 is 1.18 bits per heavy atom. The van der Waals surface area contributed by atoms with Gasteiger partial charge in [0, 0.05) is 31.0 Å². The van der Waals surface area contributed by atoms with Crippen molar-refractivity contribution < 1.29 is 19.7 Å². The Hall–Kier alpha value is -1.55. The van der Waals surface area contributed by atoms with Gasteiger partial charge in [0.2, 0.25) is 0 Å². The van der Waals surface area contributed by atoms with E-state index in [9.17, 15) is 15.0 Å². The van der Waals surface area contributed by atoms with Gasteiger partial charge in [0.15, 0.2) is 0 Å². The van der Waals surface area contributed by atoms with E-state index in [2.05, 4.69) is 45.0 Å². The molecule has 0 aromatic rings. The molecule has 0 heterocycles. The number of allylic oxidation sites excluding steroid dienone is 2. The number of amides is 1. The molecule has 0 unspecified atom stereocenters. The zero-order chi connectivity index (χ0) is 25.7. The minimum absolute atomic E-state index is 0.0185. The first kappa shape index (κ1) is 29.5. The highest BCUT2D eigenvalue weighted by Gasteiger charge is 2.42. The Balaban J connectivity index is 3.41. The maximum atomic E-state index is 13.0. The van der Waals surface area contributed by atoms with Crippen LogP contribution in [-0.2, 0) is 4.74 Å². The lowest BCUT2D eigenvalue weighted by Crippen LogP contribution is -2.44. The van der Waals surface area contributed by atoms with Crippen LogP contribution in [0.4, 0.5) is 4.79 Å². The summed E-state index contributed by atoms with van der Waals surface area (Å²) in [6.45, 7) is 22.5. The average molecular weight is 478 g/mol. The van der Waals surface area contributed by atoms with Crippen LogP contribution in [0.25, 0.3) is 0 Å². The van der Waals surface area contributed by atoms with Gasteiger partial charge in [-0.25, -0.2) is 4.79 Å². The fourth-order valence-electron chi connectivity index (χ4n) is 4.77. The number of nitrogens with zero attached hydrogens (tertiary/aromatic N) is 1. The first-order chi connectivity index (χ1) is 15.1. The van der Waals surface area contributed by atoms with Gasteiger partial charge in [0.1, 0.15) is 13.8 Å². The molecular weight excluding hydrogens is 430 g/mol. The van der Waals surface area contributed by atoms with E-state index in [1.807, 2.05) is 41.5 Å². The predicted molar refractivity (Wildman–Crippen MR) is 139 cm³/mol. The zero-order valence-electron chi connectivity index (χ0n) is 22.7. The second-order valence-electron chi connectivity index (χ2n) is 11.4. The number of rotatable bonds is 7. The largest absolute Gasteiger partial charge is 0.415 e. The topological polar surface area (TPSA) is 70.0 Å². The molecule has 1 rings (SSSR count). The molecule has 6 heteroatoms. The lowest BCUT2D eigenvalue weighted by Gasteiger charge is -2.42. The number of aliphatic hydroxyl groups excluding tert-OH is 2. The molecular formula is C27H47NO4Si. The molecule has 33 heavy (non-hydrogen) atoms. The molecule has 0 aromatic heterocycles. The molecule has 4 atom stereocenters. The third kappa shape index (κ3) is 8.31. The van der Waals surface area contributed by atoms with Gasteiger partial charge >= 0.3 is 6.09 Å². The lowest BCUT2D eigenvalue weighted by atomic mass is 9.66. The highest BCUT2D eigenvalue weighted by atomic mass is 28.3. The van der Waals surface area contributed by atoms with Crippen molar-refractivity contribution in [3.05, 3.63) is 23.0 Å². The fourth-order valence-corrected chi connectivity index (χ4v) is 5.35. The van der Waals surface area contributed by atoms with Gasteiger partial charge in [0.25, 0.3) is 0 Å². The van der Waals surface area contributed by atoms with Crippen LogP contribution in [0.5, 0.6) is 0 Å². The van der Waals surface area contributed by atoms with Crippen molar-refractivity contribution in [2.24, 2.45) is 23.7 Å². The van der Waals surface area contributed by atoms with Crippen molar-refractivity contribution in [3.8, 4) is 11.5 Å². The van der Waals surface area contributed by atoms with E-state index in [0.29, 0.717) is 12.2 Å². The fraction of sp³-hybridized carbons (Fsp3) is 0.741. The Morgan fingerprint density at radius 2 is 1.73 bits per heavy atom. The summed E-state index contributed by atoms with van der Waals surface area (Å²) in [6.07, 6.45) is 1.19. The van der Waals surface area contributed by atoms with E-state index in [-0.39, 0.29) is 48.5 Å². The van der Waals surface area contributed by atoms with Gasteiger partial charge in [-0.05, 0) is 76.5 Å². The molecule has 0 aromatic carbocycles. The average Bonchev–Trinajstić information content (AvgIpc) is 2.65. The summed E-state index contributed by atoms with van der Waals surface area (Å²) in [5.41, 5.74) is 4.99. The van der Waals surface area contributed by atoms with Crippen LogP contribution in [0, 0.1) is 35.1 Å². The van der Waals surface area contributed by atoms with Gasteiger partial charge in [-0.2, -0.15) is 0 Å². The SMILES string of the molecule is CC1=C(OC(=O)N(C(C)C)C(C)C)C[C@H](C(C)C)[C@@H](CO)[C@H]1[C@H](O)/C=C(\C)C#C[Si](C)(C)C. The van der Waals surface area contributed by atoms with Crippen LogP contribution < -0.4 is 0 Å². The maximum Gasteiger partial charge on any atom is 0.415 e. The Bertz CT molecular complexity index is 787.